The molecule has 0 fully saturated rings. The van der Waals surface area contributed by atoms with Gasteiger partial charge in [0, 0.05) is 16.1 Å². The SMILES string of the molecule is CC(C)n1nnc(CO)c1-c1ccccc1Br. The lowest BCUT2D eigenvalue weighted by atomic mass is 10.1. The summed E-state index contributed by atoms with van der Waals surface area (Å²) in [6, 6.07) is 8.06. The van der Waals surface area contributed by atoms with Gasteiger partial charge in [0.1, 0.15) is 5.69 Å². The topological polar surface area (TPSA) is 50.9 Å². The number of aliphatic hydroxyl groups excluding tert-OH is 1. The Bertz CT molecular complexity index is 522. The Morgan fingerprint density at radius 1 is 1.35 bits per heavy atom. The van der Waals surface area contributed by atoms with Gasteiger partial charge in [-0.25, -0.2) is 4.68 Å². The molecule has 0 unspecified atom stereocenters. The quantitative estimate of drug-likeness (QED) is 0.947. The predicted molar refractivity (Wildman–Crippen MR) is 69.5 cm³/mol. The summed E-state index contributed by atoms with van der Waals surface area (Å²) in [4.78, 5) is 0. The average Bonchev–Trinajstić information content (AvgIpc) is 2.73. The van der Waals surface area contributed by atoms with Gasteiger partial charge in [-0.05, 0) is 19.9 Å². The summed E-state index contributed by atoms with van der Waals surface area (Å²) in [6.07, 6.45) is 0. The minimum Gasteiger partial charge on any atom is -0.390 e. The van der Waals surface area contributed by atoms with Crippen molar-refractivity contribution in [3.8, 4) is 11.3 Å². The Balaban J connectivity index is 2.64. The highest BCUT2D eigenvalue weighted by atomic mass is 79.9. The summed E-state index contributed by atoms with van der Waals surface area (Å²) in [5, 5.41) is 17.4. The molecule has 90 valence electrons. The maximum atomic E-state index is 9.33. The molecule has 0 bridgehead atoms. The molecule has 5 heteroatoms. The number of aromatic nitrogens is 3. The van der Waals surface area contributed by atoms with Crippen molar-refractivity contribution in [3.63, 3.8) is 0 Å². The Morgan fingerprint density at radius 2 is 2.06 bits per heavy atom. The lowest BCUT2D eigenvalue weighted by Gasteiger charge is -2.11. The summed E-state index contributed by atoms with van der Waals surface area (Å²) >= 11 is 3.51. The van der Waals surface area contributed by atoms with Crippen LogP contribution in [0.1, 0.15) is 25.6 Å². The number of hydrogen-bond donors (Lipinski definition) is 1. The van der Waals surface area contributed by atoms with Gasteiger partial charge in [0.2, 0.25) is 0 Å². The summed E-state index contributed by atoms with van der Waals surface area (Å²) in [5.74, 6) is 0. The van der Waals surface area contributed by atoms with Gasteiger partial charge in [0.15, 0.2) is 0 Å². The number of halogens is 1. The molecule has 0 amide bonds. The van der Waals surface area contributed by atoms with Gasteiger partial charge in [-0.3, -0.25) is 0 Å². The van der Waals surface area contributed by atoms with Crippen LogP contribution in [0.4, 0.5) is 0 Å². The second-order valence-corrected chi connectivity index (χ2v) is 4.92. The summed E-state index contributed by atoms with van der Waals surface area (Å²) in [7, 11) is 0. The fraction of sp³-hybridized carbons (Fsp3) is 0.333. The van der Waals surface area contributed by atoms with Crippen molar-refractivity contribution in [1.29, 1.82) is 0 Å². The zero-order chi connectivity index (χ0) is 12.4. The molecule has 0 saturated carbocycles. The molecule has 0 spiro atoms. The monoisotopic (exact) mass is 295 g/mol. The highest BCUT2D eigenvalue weighted by Gasteiger charge is 2.17. The third kappa shape index (κ3) is 2.25. The van der Waals surface area contributed by atoms with E-state index in [2.05, 4.69) is 26.2 Å². The van der Waals surface area contributed by atoms with Crippen molar-refractivity contribution in [2.24, 2.45) is 0 Å². The van der Waals surface area contributed by atoms with Gasteiger partial charge in [-0.15, -0.1) is 5.10 Å². The van der Waals surface area contributed by atoms with Gasteiger partial charge in [0.25, 0.3) is 0 Å². The van der Waals surface area contributed by atoms with E-state index in [0.717, 1.165) is 15.7 Å². The lowest BCUT2D eigenvalue weighted by molar-refractivity contribution is 0.277. The van der Waals surface area contributed by atoms with Crippen molar-refractivity contribution in [3.05, 3.63) is 34.4 Å². The van der Waals surface area contributed by atoms with Crippen molar-refractivity contribution in [2.45, 2.75) is 26.5 Å². The first kappa shape index (κ1) is 12.3. The maximum Gasteiger partial charge on any atom is 0.116 e. The molecule has 4 nitrogen and oxygen atoms in total. The van der Waals surface area contributed by atoms with Crippen LogP contribution < -0.4 is 0 Å². The standard InChI is InChI=1S/C12H14BrN3O/c1-8(2)16-12(11(7-17)14-15-16)9-5-3-4-6-10(9)13/h3-6,8,17H,7H2,1-2H3. The second-order valence-electron chi connectivity index (χ2n) is 4.06. The van der Waals surface area contributed by atoms with Crippen LogP contribution >= 0.6 is 15.9 Å². The first-order valence-electron chi connectivity index (χ1n) is 5.45. The summed E-state index contributed by atoms with van der Waals surface area (Å²) in [5.41, 5.74) is 2.47. The van der Waals surface area contributed by atoms with E-state index in [1.807, 2.05) is 42.8 Å². The van der Waals surface area contributed by atoms with Gasteiger partial charge in [0.05, 0.1) is 12.3 Å². The summed E-state index contributed by atoms with van der Waals surface area (Å²) in [6.45, 7) is 3.97. The van der Waals surface area contributed by atoms with Crippen LogP contribution in [0.5, 0.6) is 0 Å². The highest BCUT2D eigenvalue weighted by Crippen LogP contribution is 2.31. The predicted octanol–water partition coefficient (Wildman–Crippen LogP) is 2.78. The Morgan fingerprint density at radius 3 is 2.65 bits per heavy atom. The molecule has 2 rings (SSSR count). The maximum absolute atomic E-state index is 9.33. The second kappa shape index (κ2) is 4.98. The fourth-order valence-electron chi connectivity index (χ4n) is 1.73. The molecule has 17 heavy (non-hydrogen) atoms. The lowest BCUT2D eigenvalue weighted by Crippen LogP contribution is -2.05. The Kier molecular flexibility index (Phi) is 3.59. The molecule has 0 atom stereocenters. The normalized spacial score (nSPS) is 11.1. The Labute approximate surface area is 108 Å². The molecule has 1 aromatic carbocycles. The summed E-state index contributed by atoms with van der Waals surface area (Å²) < 4.78 is 2.80. The molecule has 1 N–H and O–H groups in total. The smallest absolute Gasteiger partial charge is 0.116 e. The molecular formula is C12H14BrN3O. The molecule has 0 saturated heterocycles. The minimum absolute atomic E-state index is 0.108. The van der Waals surface area contributed by atoms with E-state index in [4.69, 9.17) is 0 Å². The Hall–Kier alpha value is -1.20. The zero-order valence-corrected chi connectivity index (χ0v) is 11.3. The largest absolute Gasteiger partial charge is 0.390 e. The van der Waals surface area contributed by atoms with Gasteiger partial charge >= 0.3 is 0 Å². The van der Waals surface area contributed by atoms with Crippen molar-refractivity contribution >= 4 is 15.9 Å². The molecule has 0 aliphatic carbocycles. The molecule has 0 radical (unpaired) electrons. The number of rotatable bonds is 3. The van der Waals surface area contributed by atoms with E-state index < -0.39 is 0 Å². The number of hydrogen-bond acceptors (Lipinski definition) is 3. The van der Waals surface area contributed by atoms with E-state index in [9.17, 15) is 5.11 Å². The first-order chi connectivity index (χ1) is 8.15. The van der Waals surface area contributed by atoms with E-state index in [1.54, 1.807) is 0 Å². The van der Waals surface area contributed by atoms with Gasteiger partial charge in [-0.1, -0.05) is 39.3 Å². The minimum atomic E-state index is -0.108. The first-order valence-corrected chi connectivity index (χ1v) is 6.24. The van der Waals surface area contributed by atoms with Crippen molar-refractivity contribution in [1.82, 2.24) is 15.0 Å². The average molecular weight is 296 g/mol. The van der Waals surface area contributed by atoms with Crippen LogP contribution in [0.25, 0.3) is 11.3 Å². The van der Waals surface area contributed by atoms with Gasteiger partial charge < -0.3 is 5.11 Å². The van der Waals surface area contributed by atoms with E-state index in [0.29, 0.717) is 5.69 Å². The molecule has 1 heterocycles. The van der Waals surface area contributed by atoms with Gasteiger partial charge in [-0.2, -0.15) is 0 Å². The molecule has 1 aromatic heterocycles. The molecule has 0 aliphatic heterocycles. The third-order valence-electron chi connectivity index (χ3n) is 2.53. The van der Waals surface area contributed by atoms with Crippen molar-refractivity contribution in [2.75, 3.05) is 0 Å². The van der Waals surface area contributed by atoms with Crippen LogP contribution in [-0.2, 0) is 6.61 Å². The third-order valence-corrected chi connectivity index (χ3v) is 3.22. The number of aliphatic hydroxyl groups is 1. The van der Waals surface area contributed by atoms with Crippen LogP contribution in [0.3, 0.4) is 0 Å². The van der Waals surface area contributed by atoms with Crippen LogP contribution in [0.2, 0.25) is 0 Å². The number of benzene rings is 1. The van der Waals surface area contributed by atoms with Crippen LogP contribution in [0, 0.1) is 0 Å². The molecule has 2 aromatic rings. The molecular weight excluding hydrogens is 282 g/mol. The highest BCUT2D eigenvalue weighted by molar-refractivity contribution is 9.10. The zero-order valence-electron chi connectivity index (χ0n) is 9.76. The van der Waals surface area contributed by atoms with E-state index in [-0.39, 0.29) is 12.6 Å². The van der Waals surface area contributed by atoms with E-state index in [1.165, 1.54) is 0 Å². The van der Waals surface area contributed by atoms with E-state index >= 15 is 0 Å². The van der Waals surface area contributed by atoms with Crippen molar-refractivity contribution < 1.29 is 5.11 Å². The number of nitrogens with zero attached hydrogens (tertiary/aromatic N) is 3. The van der Waals surface area contributed by atoms with Crippen LogP contribution in [0.15, 0.2) is 28.7 Å². The van der Waals surface area contributed by atoms with Crippen LogP contribution in [-0.4, -0.2) is 20.1 Å². The fourth-order valence-corrected chi connectivity index (χ4v) is 2.20. The molecule has 0 aliphatic rings.